The van der Waals surface area contributed by atoms with E-state index >= 15 is 0 Å². The zero-order valence-corrected chi connectivity index (χ0v) is 15.8. The van der Waals surface area contributed by atoms with E-state index in [0.717, 1.165) is 38.6 Å². The number of hydrogen-bond donors (Lipinski definition) is 2. The van der Waals surface area contributed by atoms with Crippen molar-refractivity contribution in [3.63, 3.8) is 0 Å². The number of nitrogens with one attached hydrogen (secondary N) is 2. The molecule has 0 heterocycles. The molecule has 0 unspecified atom stereocenters. The minimum atomic E-state index is 0. The van der Waals surface area contributed by atoms with E-state index in [9.17, 15) is 0 Å². The topological polar surface area (TPSA) is 54.9 Å². The van der Waals surface area contributed by atoms with E-state index in [1.54, 1.807) is 7.11 Å². The molecule has 0 atom stereocenters. The number of nitrogens with zero attached hydrogens (tertiary/aromatic N) is 1. The van der Waals surface area contributed by atoms with Crippen molar-refractivity contribution in [2.45, 2.75) is 20.0 Å². The van der Waals surface area contributed by atoms with E-state index in [4.69, 9.17) is 9.47 Å². The van der Waals surface area contributed by atoms with Crippen molar-refractivity contribution >= 4 is 29.9 Å². The first-order valence-corrected chi connectivity index (χ1v) is 7.49. The van der Waals surface area contributed by atoms with Gasteiger partial charge in [-0.1, -0.05) is 30.3 Å². The average molecular weight is 421 g/mol. The van der Waals surface area contributed by atoms with Crippen molar-refractivity contribution < 1.29 is 9.47 Å². The normalized spacial score (nSPS) is 10.9. The van der Waals surface area contributed by atoms with Gasteiger partial charge in [-0.15, -0.1) is 24.0 Å². The second-order valence-corrected chi connectivity index (χ2v) is 4.57. The van der Waals surface area contributed by atoms with Crippen LogP contribution in [0.1, 0.15) is 18.9 Å². The lowest BCUT2D eigenvalue weighted by Crippen LogP contribution is -2.39. The number of halogens is 1. The monoisotopic (exact) mass is 421 g/mol. The van der Waals surface area contributed by atoms with E-state index in [-0.39, 0.29) is 24.0 Å². The molecule has 0 amide bonds. The Bertz CT molecular complexity index is 388. The number of rotatable bonds is 10. The first kappa shape index (κ1) is 21.1. The molecule has 1 rings (SSSR count). The Kier molecular flexibility index (Phi) is 14.5. The van der Waals surface area contributed by atoms with Crippen molar-refractivity contribution in [1.29, 1.82) is 0 Å². The SMILES string of the molecule is CCNC(=NCCCOC)NCCOCc1ccccc1.I. The maximum atomic E-state index is 5.63. The smallest absolute Gasteiger partial charge is 0.191 e. The molecule has 6 heteroatoms. The Labute approximate surface area is 150 Å². The molecule has 5 nitrogen and oxygen atoms in total. The molecule has 0 aliphatic heterocycles. The Morgan fingerprint density at radius 3 is 2.59 bits per heavy atom. The lowest BCUT2D eigenvalue weighted by molar-refractivity contribution is 0.125. The van der Waals surface area contributed by atoms with Gasteiger partial charge in [0.2, 0.25) is 0 Å². The highest BCUT2D eigenvalue weighted by Gasteiger charge is 1.97. The fraction of sp³-hybridized carbons (Fsp3) is 0.562. The fourth-order valence-electron chi connectivity index (χ4n) is 1.75. The molecule has 0 aliphatic carbocycles. The van der Waals surface area contributed by atoms with Gasteiger partial charge < -0.3 is 20.1 Å². The predicted molar refractivity (Wildman–Crippen MR) is 102 cm³/mol. The number of hydrogen-bond acceptors (Lipinski definition) is 3. The third-order valence-electron chi connectivity index (χ3n) is 2.77. The molecule has 0 bridgehead atoms. The molecular formula is C16H28IN3O2. The molecule has 0 saturated heterocycles. The number of benzene rings is 1. The summed E-state index contributed by atoms with van der Waals surface area (Å²) < 4.78 is 10.6. The summed E-state index contributed by atoms with van der Waals surface area (Å²) in [5.41, 5.74) is 1.19. The Morgan fingerprint density at radius 2 is 1.91 bits per heavy atom. The lowest BCUT2D eigenvalue weighted by Gasteiger charge is -2.11. The largest absolute Gasteiger partial charge is 0.385 e. The van der Waals surface area contributed by atoms with Gasteiger partial charge in [-0.05, 0) is 18.9 Å². The van der Waals surface area contributed by atoms with Crippen LogP contribution in [0.5, 0.6) is 0 Å². The highest BCUT2D eigenvalue weighted by molar-refractivity contribution is 14.0. The zero-order valence-electron chi connectivity index (χ0n) is 13.5. The quantitative estimate of drug-likeness (QED) is 0.264. The van der Waals surface area contributed by atoms with Crippen LogP contribution in [0.3, 0.4) is 0 Å². The van der Waals surface area contributed by atoms with E-state index in [2.05, 4.69) is 34.7 Å². The summed E-state index contributed by atoms with van der Waals surface area (Å²) in [5, 5.41) is 6.47. The second-order valence-electron chi connectivity index (χ2n) is 4.57. The first-order chi connectivity index (χ1) is 10.4. The second kappa shape index (κ2) is 15.1. The van der Waals surface area contributed by atoms with Crippen LogP contribution < -0.4 is 10.6 Å². The minimum absolute atomic E-state index is 0. The summed E-state index contributed by atoms with van der Waals surface area (Å²) in [4.78, 5) is 4.47. The van der Waals surface area contributed by atoms with Crippen LogP contribution in [0, 0.1) is 0 Å². The Balaban J connectivity index is 0.00000441. The van der Waals surface area contributed by atoms with Crippen LogP contribution in [-0.2, 0) is 16.1 Å². The molecule has 1 aromatic carbocycles. The van der Waals surface area contributed by atoms with Crippen LogP contribution in [-0.4, -0.2) is 45.9 Å². The van der Waals surface area contributed by atoms with E-state index in [1.165, 1.54) is 5.56 Å². The van der Waals surface area contributed by atoms with Gasteiger partial charge in [-0.2, -0.15) is 0 Å². The van der Waals surface area contributed by atoms with Gasteiger partial charge in [0.15, 0.2) is 5.96 Å². The van der Waals surface area contributed by atoms with Gasteiger partial charge in [-0.3, -0.25) is 4.99 Å². The van der Waals surface area contributed by atoms with E-state index in [1.807, 2.05) is 18.2 Å². The van der Waals surface area contributed by atoms with E-state index in [0.29, 0.717) is 13.2 Å². The van der Waals surface area contributed by atoms with Gasteiger partial charge in [0, 0.05) is 33.4 Å². The molecule has 0 aliphatic rings. The summed E-state index contributed by atoms with van der Waals surface area (Å²) in [7, 11) is 1.71. The molecule has 0 radical (unpaired) electrons. The van der Waals surface area contributed by atoms with Gasteiger partial charge >= 0.3 is 0 Å². The minimum Gasteiger partial charge on any atom is -0.385 e. The van der Waals surface area contributed by atoms with Crippen LogP contribution in [0.25, 0.3) is 0 Å². The van der Waals surface area contributed by atoms with Crippen molar-refractivity contribution in [2.24, 2.45) is 4.99 Å². The average Bonchev–Trinajstić information content (AvgIpc) is 2.52. The standard InChI is InChI=1S/C16H27N3O2.HI/c1-3-17-16(18-10-7-12-20-2)19-11-13-21-14-15-8-5-4-6-9-15;/h4-6,8-9H,3,7,10-14H2,1-2H3,(H2,17,18,19);1H. The molecule has 0 fully saturated rings. The van der Waals surface area contributed by atoms with Gasteiger partial charge in [0.05, 0.1) is 13.2 Å². The molecule has 22 heavy (non-hydrogen) atoms. The summed E-state index contributed by atoms with van der Waals surface area (Å²) in [6.45, 7) is 6.43. The molecule has 0 aromatic heterocycles. The highest BCUT2D eigenvalue weighted by Crippen LogP contribution is 1.99. The summed E-state index contributed by atoms with van der Waals surface area (Å²) in [6.07, 6.45) is 0.928. The number of ether oxygens (including phenoxy) is 2. The van der Waals surface area contributed by atoms with Crippen LogP contribution >= 0.6 is 24.0 Å². The van der Waals surface area contributed by atoms with Crippen LogP contribution in [0.4, 0.5) is 0 Å². The van der Waals surface area contributed by atoms with Crippen molar-refractivity contribution in [2.75, 3.05) is 40.0 Å². The highest BCUT2D eigenvalue weighted by atomic mass is 127. The fourth-order valence-corrected chi connectivity index (χ4v) is 1.75. The number of methoxy groups -OCH3 is 1. The molecule has 0 spiro atoms. The predicted octanol–water partition coefficient (Wildman–Crippen LogP) is 2.41. The third-order valence-corrected chi connectivity index (χ3v) is 2.77. The van der Waals surface area contributed by atoms with Crippen LogP contribution in [0.2, 0.25) is 0 Å². The molecular weight excluding hydrogens is 393 g/mol. The molecule has 1 aromatic rings. The maximum absolute atomic E-state index is 5.63. The summed E-state index contributed by atoms with van der Waals surface area (Å²) in [5.74, 6) is 0.830. The molecule has 2 N–H and O–H groups in total. The van der Waals surface area contributed by atoms with Crippen LogP contribution in [0.15, 0.2) is 35.3 Å². The van der Waals surface area contributed by atoms with Crippen molar-refractivity contribution in [3.8, 4) is 0 Å². The Hall–Kier alpha value is -0.860. The number of aliphatic imine (C=N–C) groups is 1. The summed E-state index contributed by atoms with van der Waals surface area (Å²) >= 11 is 0. The zero-order chi connectivity index (χ0) is 15.2. The van der Waals surface area contributed by atoms with Gasteiger partial charge in [-0.25, -0.2) is 0 Å². The first-order valence-electron chi connectivity index (χ1n) is 7.49. The number of guanidine groups is 1. The third kappa shape index (κ3) is 10.8. The van der Waals surface area contributed by atoms with Crippen molar-refractivity contribution in [3.05, 3.63) is 35.9 Å². The molecule has 0 saturated carbocycles. The van der Waals surface area contributed by atoms with E-state index < -0.39 is 0 Å². The van der Waals surface area contributed by atoms with Crippen molar-refractivity contribution in [1.82, 2.24) is 10.6 Å². The maximum Gasteiger partial charge on any atom is 0.191 e. The molecule has 126 valence electrons. The lowest BCUT2D eigenvalue weighted by atomic mass is 10.2. The summed E-state index contributed by atoms with van der Waals surface area (Å²) in [6, 6.07) is 10.2. The van der Waals surface area contributed by atoms with Gasteiger partial charge in [0.25, 0.3) is 0 Å². The Morgan fingerprint density at radius 1 is 1.14 bits per heavy atom. The van der Waals surface area contributed by atoms with Gasteiger partial charge in [0.1, 0.15) is 0 Å².